The Bertz CT molecular complexity index is 907. The van der Waals surface area contributed by atoms with Gasteiger partial charge in [-0.25, -0.2) is 4.79 Å². The number of nitrogens with zero attached hydrogens (tertiary/aromatic N) is 2. The second kappa shape index (κ2) is 11.4. The minimum absolute atomic E-state index is 0.0436. The van der Waals surface area contributed by atoms with Crippen molar-refractivity contribution in [3.8, 4) is 17.6 Å². The van der Waals surface area contributed by atoms with Gasteiger partial charge in [0.2, 0.25) is 12.7 Å². The number of ether oxygens (including phenoxy) is 2. The average molecular weight is 459 g/mol. The molecule has 33 heavy (non-hydrogen) atoms. The summed E-state index contributed by atoms with van der Waals surface area (Å²) in [7, 11) is 0. The highest BCUT2D eigenvalue weighted by molar-refractivity contribution is 5.87. The molecule has 0 aliphatic carbocycles. The molecular weight excluding hydrogens is 428 g/mol. The minimum atomic E-state index is -1.07. The molecule has 0 radical (unpaired) electrons. The molecule has 178 valence electrons. The van der Waals surface area contributed by atoms with Crippen LogP contribution in [0.5, 0.6) is 11.5 Å². The van der Waals surface area contributed by atoms with Crippen LogP contribution in [0.15, 0.2) is 18.2 Å². The number of hydrogen-bond donors (Lipinski definition) is 3. The molecule has 2 aliphatic heterocycles. The summed E-state index contributed by atoms with van der Waals surface area (Å²) in [6.45, 7) is 3.06. The van der Waals surface area contributed by atoms with E-state index in [0.29, 0.717) is 49.4 Å². The molecule has 1 aromatic carbocycles. The monoisotopic (exact) mass is 458 g/mol. The van der Waals surface area contributed by atoms with Crippen molar-refractivity contribution in [2.24, 2.45) is 5.92 Å². The predicted molar refractivity (Wildman–Crippen MR) is 117 cm³/mol. The van der Waals surface area contributed by atoms with Gasteiger partial charge in [-0.3, -0.25) is 9.59 Å². The molecule has 10 heteroatoms. The lowest BCUT2D eigenvalue weighted by Crippen LogP contribution is -2.53. The Morgan fingerprint density at radius 1 is 1.21 bits per heavy atom. The highest BCUT2D eigenvalue weighted by Crippen LogP contribution is 2.34. The summed E-state index contributed by atoms with van der Waals surface area (Å²) in [6.07, 6.45) is 3.02. The maximum absolute atomic E-state index is 13.1. The number of amides is 3. The molecule has 1 fully saturated rings. The maximum Gasteiger partial charge on any atom is 0.315 e. The van der Waals surface area contributed by atoms with E-state index in [1.54, 1.807) is 23.1 Å². The van der Waals surface area contributed by atoms with Gasteiger partial charge in [0.05, 0.1) is 18.5 Å². The standard InChI is InChI=1S/C23H30N4O6/c1-2-3-4-17(22(30)27-9-7-15(13-24)8-10-27)25-23(31)26-18(12-21(28)29)16-5-6-19-20(11-16)33-14-32-19/h5-6,11,15,17-18H,2-4,7-10,12,14H2,1H3,(H,28,29)(H2,25,26,31)/t17-,18-/m0/s1. The van der Waals surface area contributed by atoms with E-state index in [0.717, 1.165) is 12.8 Å². The van der Waals surface area contributed by atoms with Crippen LogP contribution in [0.2, 0.25) is 0 Å². The van der Waals surface area contributed by atoms with Gasteiger partial charge >= 0.3 is 12.0 Å². The number of carbonyl (C=O) groups is 3. The number of carbonyl (C=O) groups excluding carboxylic acids is 2. The number of fused-ring (bicyclic) bond motifs is 1. The van der Waals surface area contributed by atoms with Crippen LogP contribution < -0.4 is 20.1 Å². The highest BCUT2D eigenvalue weighted by atomic mass is 16.7. The molecule has 3 N–H and O–H groups in total. The molecule has 0 aromatic heterocycles. The number of carboxylic acid groups (broad SMARTS) is 1. The molecule has 10 nitrogen and oxygen atoms in total. The van der Waals surface area contributed by atoms with Crippen molar-refractivity contribution >= 4 is 17.9 Å². The molecule has 0 saturated carbocycles. The fourth-order valence-electron chi connectivity index (χ4n) is 4.03. The SMILES string of the molecule is CCCC[C@H](NC(=O)N[C@@H](CC(=O)O)c1ccc2c(c1)OCO2)C(=O)N1CCC(C#N)CC1. The number of benzene rings is 1. The second-order valence-corrected chi connectivity index (χ2v) is 8.30. The van der Waals surface area contributed by atoms with Gasteiger partial charge in [-0.2, -0.15) is 5.26 Å². The Morgan fingerprint density at radius 3 is 2.61 bits per heavy atom. The third kappa shape index (κ3) is 6.51. The summed E-state index contributed by atoms with van der Waals surface area (Å²) >= 11 is 0. The number of nitrogens with one attached hydrogen (secondary N) is 2. The Labute approximate surface area is 192 Å². The van der Waals surface area contributed by atoms with Crippen LogP contribution in [0.25, 0.3) is 0 Å². The van der Waals surface area contributed by atoms with E-state index in [-0.39, 0.29) is 25.0 Å². The predicted octanol–water partition coefficient (Wildman–Crippen LogP) is 2.55. The third-order valence-electron chi connectivity index (χ3n) is 5.92. The second-order valence-electron chi connectivity index (χ2n) is 8.30. The minimum Gasteiger partial charge on any atom is -0.481 e. The number of hydrogen-bond acceptors (Lipinski definition) is 6. The molecule has 3 amide bonds. The van der Waals surface area contributed by atoms with Crippen molar-refractivity contribution in [1.29, 1.82) is 5.26 Å². The van der Waals surface area contributed by atoms with Crippen molar-refractivity contribution in [3.63, 3.8) is 0 Å². The Hall–Kier alpha value is -3.48. The van der Waals surface area contributed by atoms with Gasteiger partial charge in [-0.05, 0) is 37.0 Å². The number of unbranched alkanes of at least 4 members (excludes halogenated alkanes) is 1. The number of urea groups is 1. The van der Waals surface area contributed by atoms with E-state index in [2.05, 4.69) is 16.7 Å². The molecule has 0 spiro atoms. The molecule has 1 saturated heterocycles. The zero-order chi connectivity index (χ0) is 23.8. The summed E-state index contributed by atoms with van der Waals surface area (Å²) in [6, 6.07) is 5.10. The number of likely N-dealkylation sites (tertiary alicyclic amines) is 1. The van der Waals surface area contributed by atoms with Crippen molar-refractivity contribution in [2.75, 3.05) is 19.9 Å². The molecule has 1 aromatic rings. The Kier molecular flexibility index (Phi) is 8.35. The number of rotatable bonds is 9. The summed E-state index contributed by atoms with van der Waals surface area (Å²) in [4.78, 5) is 39.0. The largest absolute Gasteiger partial charge is 0.481 e. The van der Waals surface area contributed by atoms with Crippen LogP contribution >= 0.6 is 0 Å². The van der Waals surface area contributed by atoms with E-state index < -0.39 is 24.1 Å². The fourth-order valence-corrected chi connectivity index (χ4v) is 4.03. The van der Waals surface area contributed by atoms with Crippen molar-refractivity contribution in [2.45, 2.75) is 57.5 Å². The molecular formula is C23H30N4O6. The number of piperidine rings is 1. The smallest absolute Gasteiger partial charge is 0.315 e. The molecule has 2 aliphatic rings. The van der Waals surface area contributed by atoms with Crippen molar-refractivity contribution in [1.82, 2.24) is 15.5 Å². The van der Waals surface area contributed by atoms with Crippen molar-refractivity contribution in [3.05, 3.63) is 23.8 Å². The third-order valence-corrected chi connectivity index (χ3v) is 5.92. The number of carboxylic acids is 1. The summed E-state index contributed by atoms with van der Waals surface area (Å²) < 4.78 is 10.6. The van der Waals surface area contributed by atoms with Crippen LogP contribution in [-0.4, -0.2) is 53.8 Å². The van der Waals surface area contributed by atoms with Gasteiger partial charge in [0.1, 0.15) is 6.04 Å². The lowest BCUT2D eigenvalue weighted by Gasteiger charge is -2.32. The van der Waals surface area contributed by atoms with Crippen molar-refractivity contribution < 1.29 is 29.0 Å². The van der Waals surface area contributed by atoms with Gasteiger partial charge in [0.15, 0.2) is 11.5 Å². The molecule has 0 unspecified atom stereocenters. The van der Waals surface area contributed by atoms with E-state index in [9.17, 15) is 19.5 Å². The summed E-state index contributed by atoms with van der Waals surface area (Å²) in [5.41, 5.74) is 0.562. The first kappa shape index (κ1) is 24.2. The lowest BCUT2D eigenvalue weighted by atomic mass is 9.97. The van der Waals surface area contributed by atoms with Crippen LogP contribution in [0.4, 0.5) is 4.79 Å². The molecule has 0 bridgehead atoms. The first-order valence-corrected chi connectivity index (χ1v) is 11.3. The fraction of sp³-hybridized carbons (Fsp3) is 0.565. The van der Waals surface area contributed by atoms with Gasteiger partial charge in [-0.1, -0.05) is 25.8 Å². The maximum atomic E-state index is 13.1. The van der Waals surface area contributed by atoms with Crippen LogP contribution in [0.1, 0.15) is 57.1 Å². The number of nitriles is 1. The highest BCUT2D eigenvalue weighted by Gasteiger charge is 2.30. The van der Waals surface area contributed by atoms with Gasteiger partial charge in [-0.15, -0.1) is 0 Å². The van der Waals surface area contributed by atoms with Gasteiger partial charge in [0, 0.05) is 19.0 Å². The average Bonchev–Trinajstić information content (AvgIpc) is 3.28. The van der Waals surface area contributed by atoms with E-state index in [1.807, 2.05) is 6.92 Å². The van der Waals surface area contributed by atoms with Crippen LogP contribution in [0, 0.1) is 17.2 Å². The van der Waals surface area contributed by atoms with Crippen LogP contribution in [0.3, 0.4) is 0 Å². The Balaban J connectivity index is 1.67. The van der Waals surface area contributed by atoms with E-state index in [1.165, 1.54) is 0 Å². The first-order valence-electron chi connectivity index (χ1n) is 11.3. The summed E-state index contributed by atoms with van der Waals surface area (Å²) in [5, 5.41) is 23.9. The summed E-state index contributed by atoms with van der Waals surface area (Å²) in [5.74, 6) is -0.243. The first-order chi connectivity index (χ1) is 15.9. The van der Waals surface area contributed by atoms with E-state index in [4.69, 9.17) is 14.7 Å². The lowest BCUT2D eigenvalue weighted by molar-refractivity contribution is -0.137. The van der Waals surface area contributed by atoms with E-state index >= 15 is 0 Å². The van der Waals surface area contributed by atoms with Gasteiger partial charge in [0.25, 0.3) is 0 Å². The number of aliphatic carboxylic acids is 1. The molecule has 2 heterocycles. The van der Waals surface area contributed by atoms with Crippen LogP contribution in [-0.2, 0) is 9.59 Å². The molecule has 2 atom stereocenters. The topological polar surface area (TPSA) is 141 Å². The quantitative estimate of drug-likeness (QED) is 0.516. The Morgan fingerprint density at radius 2 is 1.94 bits per heavy atom. The zero-order valence-corrected chi connectivity index (χ0v) is 18.7. The molecule has 3 rings (SSSR count). The van der Waals surface area contributed by atoms with Gasteiger partial charge < -0.3 is 30.1 Å². The normalized spacial score (nSPS) is 17.0. The zero-order valence-electron chi connectivity index (χ0n) is 18.7.